The van der Waals surface area contributed by atoms with Crippen LogP contribution in [0.15, 0.2) is 112 Å². The van der Waals surface area contributed by atoms with Crippen LogP contribution < -0.4 is 6.54 Å². The van der Waals surface area contributed by atoms with Crippen LogP contribution in [-0.4, -0.2) is 6.88 Å². The van der Waals surface area contributed by atoms with Gasteiger partial charge in [0.1, 0.15) is 0 Å². The zero-order valence-corrected chi connectivity index (χ0v) is 24.1. The van der Waals surface area contributed by atoms with Crippen molar-refractivity contribution in [2.75, 3.05) is 0 Å². The Kier molecular flexibility index (Phi) is 7.42. The fourth-order valence-electron chi connectivity index (χ4n) is 5.97. The molecule has 0 saturated heterocycles. The third kappa shape index (κ3) is 3.43. The number of fused-ring (bicyclic) bond motifs is 1. The van der Waals surface area contributed by atoms with Gasteiger partial charge in [-0.1, -0.05) is 0 Å². The van der Waals surface area contributed by atoms with Gasteiger partial charge in [-0.2, -0.15) is 0 Å². The summed E-state index contributed by atoms with van der Waals surface area (Å²) in [5.41, 5.74) is 5.89. The third-order valence-electron chi connectivity index (χ3n) is 7.70. The Balaban J connectivity index is 0.00000144. The van der Waals surface area contributed by atoms with Crippen LogP contribution in [-0.2, 0) is 17.4 Å². The smallest absolute Gasteiger partial charge is 0.147 e. The van der Waals surface area contributed by atoms with E-state index in [1.54, 1.807) is 9.82 Å². The van der Waals surface area contributed by atoms with E-state index in [2.05, 4.69) is 124 Å². The Morgan fingerprint density at radius 3 is 1.81 bits per heavy atom. The second-order valence-electron chi connectivity index (χ2n) is 8.94. The Hall–Kier alpha value is -1.44. The molecule has 5 rings (SSSR count). The van der Waals surface area contributed by atoms with E-state index in [0.29, 0.717) is 3.63 Å². The van der Waals surface area contributed by atoms with Crippen molar-refractivity contribution < 1.29 is 17.4 Å². The molecule has 2 aliphatic rings. The summed E-state index contributed by atoms with van der Waals surface area (Å²) in [4.78, 5) is 0. The average Bonchev–Trinajstić information content (AvgIpc) is 3.39. The number of allylic oxidation sites excluding steroid dienone is 5. The topological polar surface area (TPSA) is 0 Å². The molecule has 0 spiro atoms. The number of halogens is 2. The van der Waals surface area contributed by atoms with Crippen LogP contribution in [0, 0.1) is 0 Å². The summed E-state index contributed by atoms with van der Waals surface area (Å²) in [7, 11) is 0. The SMILES string of the molecule is CC1=CC[C]([Zr](=[SiH2])([c]2ccccc2)([c]2ccccc2)[CH]2C=Cc3ccccc32)=C1C.Cl.Cl. The summed E-state index contributed by atoms with van der Waals surface area (Å²) >= 11 is -4.06. The van der Waals surface area contributed by atoms with E-state index in [1.807, 2.05) is 0 Å². The van der Waals surface area contributed by atoms with Crippen molar-refractivity contribution in [2.45, 2.75) is 23.9 Å². The molecule has 2 aliphatic carbocycles. The molecule has 0 heterocycles. The fourth-order valence-corrected chi connectivity index (χ4v) is 30.8. The summed E-state index contributed by atoms with van der Waals surface area (Å²) in [6, 6.07) is 32.0. The molecule has 3 aromatic rings. The first kappa shape index (κ1) is 25.2. The minimum Gasteiger partial charge on any atom is -0.147 e. The maximum atomic E-state index is 2.54. The number of rotatable bonds is 4. The van der Waals surface area contributed by atoms with E-state index in [1.165, 1.54) is 22.3 Å². The van der Waals surface area contributed by atoms with E-state index in [0.717, 1.165) is 6.42 Å². The van der Waals surface area contributed by atoms with Gasteiger partial charge in [0.25, 0.3) is 0 Å². The molecule has 32 heavy (non-hydrogen) atoms. The predicted molar refractivity (Wildman–Crippen MR) is 144 cm³/mol. The summed E-state index contributed by atoms with van der Waals surface area (Å²) in [5, 5.41) is 0. The van der Waals surface area contributed by atoms with E-state index < -0.39 is 17.4 Å². The maximum Gasteiger partial charge on any atom is -0.147 e. The standard InChI is InChI=1S/C9H7.C7H9.2C6H5.2ClH.H2Si.Zr/c1-2-5-9-7-3-6-8(9)4-1;1-6-4-3-5-7(6)2;2*1-2-4-6-5-3-1;;;;/h1-7H;4H,3H2,1-2H3;2*1-5H;2*1H;1H2;. The average molecular weight is 557 g/mol. The maximum absolute atomic E-state index is 4.06. The molecule has 0 radical (unpaired) electrons. The molecule has 0 aliphatic heterocycles. The molecular weight excluding hydrogens is 527 g/mol. The minimum absolute atomic E-state index is 0. The first-order valence-corrected chi connectivity index (χ1v) is 21.9. The molecule has 0 nitrogen and oxygen atoms in total. The van der Waals surface area contributed by atoms with Gasteiger partial charge < -0.3 is 0 Å². The second-order valence-corrected chi connectivity index (χ2v) is 31.1. The van der Waals surface area contributed by atoms with Crippen LogP contribution in [0.1, 0.15) is 35.0 Å². The Bertz CT molecular complexity index is 1240. The van der Waals surface area contributed by atoms with Crippen molar-refractivity contribution in [3.63, 3.8) is 0 Å². The Morgan fingerprint density at radius 2 is 1.28 bits per heavy atom. The van der Waals surface area contributed by atoms with Crippen LogP contribution in [0.4, 0.5) is 0 Å². The molecule has 1 atom stereocenters. The van der Waals surface area contributed by atoms with Crippen LogP contribution in [0.25, 0.3) is 6.08 Å². The molecule has 0 bridgehead atoms. The van der Waals surface area contributed by atoms with Crippen LogP contribution >= 0.6 is 24.8 Å². The normalized spacial score (nSPS) is 17.3. The van der Waals surface area contributed by atoms with Gasteiger partial charge in [-0.05, 0) is 0 Å². The molecule has 4 heteroatoms. The molecule has 0 fully saturated rings. The molecule has 0 amide bonds. The monoisotopic (exact) mass is 554 g/mol. The summed E-state index contributed by atoms with van der Waals surface area (Å²) in [6.07, 6.45) is 8.46. The molecule has 3 aromatic carbocycles. The Morgan fingerprint density at radius 1 is 0.750 bits per heavy atom. The summed E-state index contributed by atoms with van der Waals surface area (Å²) in [5.74, 6) is 0. The van der Waals surface area contributed by atoms with Gasteiger partial charge in [-0.3, -0.25) is 0 Å². The van der Waals surface area contributed by atoms with Gasteiger partial charge in [0, 0.05) is 0 Å². The minimum atomic E-state index is -4.06. The fraction of sp³-hybridized carbons (Fsp3) is 0.143. The quantitative estimate of drug-likeness (QED) is 0.340. The first-order valence-electron chi connectivity index (χ1n) is 10.8. The van der Waals surface area contributed by atoms with Gasteiger partial charge in [0.2, 0.25) is 0 Å². The molecule has 0 saturated carbocycles. The van der Waals surface area contributed by atoms with Crippen LogP contribution in [0.2, 0.25) is 0 Å². The molecule has 0 N–H and O–H groups in total. The zero-order valence-electron chi connectivity index (χ0n) is 18.6. The second kappa shape index (κ2) is 9.43. The van der Waals surface area contributed by atoms with Gasteiger partial charge in [-0.25, -0.2) is 0 Å². The number of hydrogen-bond donors (Lipinski definition) is 0. The summed E-state index contributed by atoms with van der Waals surface area (Å²) < 4.78 is 5.32. The van der Waals surface area contributed by atoms with Crippen LogP contribution in [0.3, 0.4) is 0 Å². The molecule has 164 valence electrons. The van der Waals surface area contributed by atoms with Crippen molar-refractivity contribution in [1.82, 2.24) is 0 Å². The predicted octanol–water partition coefficient (Wildman–Crippen LogP) is 6.11. The number of benzene rings is 3. The van der Waals surface area contributed by atoms with Gasteiger partial charge >= 0.3 is 183 Å². The van der Waals surface area contributed by atoms with Crippen molar-refractivity contribution in [1.29, 1.82) is 0 Å². The Labute approximate surface area is 206 Å². The molecule has 1 unspecified atom stereocenters. The number of hydrogen-bond acceptors (Lipinski definition) is 0. The van der Waals surface area contributed by atoms with E-state index in [9.17, 15) is 0 Å². The van der Waals surface area contributed by atoms with Crippen LogP contribution in [0.5, 0.6) is 0 Å². The third-order valence-corrected chi connectivity index (χ3v) is 35.2. The summed E-state index contributed by atoms with van der Waals surface area (Å²) in [6.45, 7) is 7.06. The van der Waals surface area contributed by atoms with E-state index >= 15 is 0 Å². The molecular formula is C28H30Cl2SiZr. The van der Waals surface area contributed by atoms with Gasteiger partial charge in [0.05, 0.1) is 0 Å². The van der Waals surface area contributed by atoms with Crippen molar-refractivity contribution in [3.05, 3.63) is 123 Å². The first-order chi connectivity index (χ1) is 14.6. The largest absolute Gasteiger partial charge is 0.147 e. The van der Waals surface area contributed by atoms with Crippen molar-refractivity contribution in [3.8, 4) is 0 Å². The van der Waals surface area contributed by atoms with Gasteiger partial charge in [0.15, 0.2) is 0 Å². The van der Waals surface area contributed by atoms with E-state index in [-0.39, 0.29) is 24.8 Å². The van der Waals surface area contributed by atoms with Crippen molar-refractivity contribution >= 4 is 44.3 Å². The van der Waals surface area contributed by atoms with E-state index in [4.69, 9.17) is 0 Å². The zero-order chi connectivity index (χ0) is 20.8. The van der Waals surface area contributed by atoms with Crippen molar-refractivity contribution in [2.24, 2.45) is 0 Å². The van der Waals surface area contributed by atoms with Gasteiger partial charge in [-0.15, -0.1) is 24.8 Å². The molecule has 0 aromatic heterocycles.